The third kappa shape index (κ3) is 2.09. The van der Waals surface area contributed by atoms with E-state index in [0.29, 0.717) is 5.92 Å². The Morgan fingerprint density at radius 1 is 1.25 bits per heavy atom. The summed E-state index contributed by atoms with van der Waals surface area (Å²) in [6.07, 6.45) is 3.33. The second-order valence-corrected chi connectivity index (χ2v) is 5.58. The van der Waals surface area contributed by atoms with Gasteiger partial charge in [-0.15, -0.1) is 0 Å². The van der Waals surface area contributed by atoms with Crippen molar-refractivity contribution in [3.05, 3.63) is 0 Å². The Morgan fingerprint density at radius 2 is 1.94 bits per heavy atom. The summed E-state index contributed by atoms with van der Waals surface area (Å²) in [7, 11) is 0. The van der Waals surface area contributed by atoms with E-state index in [9.17, 15) is 5.26 Å². The van der Waals surface area contributed by atoms with Crippen LogP contribution in [0, 0.1) is 23.2 Å². The van der Waals surface area contributed by atoms with Crippen LogP contribution in [0.3, 0.4) is 0 Å². The largest absolute Gasteiger partial charge is 0.314 e. The molecule has 0 spiro atoms. The van der Waals surface area contributed by atoms with Gasteiger partial charge >= 0.3 is 0 Å². The molecule has 2 fully saturated rings. The molecule has 2 rings (SSSR count). The van der Waals surface area contributed by atoms with Crippen molar-refractivity contribution in [3.8, 4) is 6.07 Å². The number of piperazine rings is 1. The fraction of sp³-hybridized carbons (Fsp3) is 0.923. The van der Waals surface area contributed by atoms with E-state index in [-0.39, 0.29) is 5.54 Å². The van der Waals surface area contributed by atoms with Crippen molar-refractivity contribution in [1.82, 2.24) is 10.2 Å². The van der Waals surface area contributed by atoms with Gasteiger partial charge in [-0.1, -0.05) is 13.8 Å². The zero-order valence-corrected chi connectivity index (χ0v) is 10.5. The van der Waals surface area contributed by atoms with Crippen LogP contribution < -0.4 is 5.32 Å². The van der Waals surface area contributed by atoms with Crippen molar-refractivity contribution >= 4 is 0 Å². The Bertz CT molecular complexity index is 277. The van der Waals surface area contributed by atoms with Gasteiger partial charge in [0.2, 0.25) is 0 Å². The minimum absolute atomic E-state index is 0.159. The highest BCUT2D eigenvalue weighted by atomic mass is 15.2. The van der Waals surface area contributed by atoms with Crippen molar-refractivity contribution in [2.24, 2.45) is 11.8 Å². The van der Waals surface area contributed by atoms with Crippen LogP contribution in [0.25, 0.3) is 0 Å². The van der Waals surface area contributed by atoms with Crippen molar-refractivity contribution < 1.29 is 0 Å². The quantitative estimate of drug-likeness (QED) is 0.731. The highest BCUT2D eigenvalue weighted by Crippen LogP contribution is 2.39. The van der Waals surface area contributed by atoms with Gasteiger partial charge in [-0.25, -0.2) is 0 Å². The zero-order valence-electron chi connectivity index (χ0n) is 10.5. The molecule has 16 heavy (non-hydrogen) atoms. The minimum atomic E-state index is -0.159. The van der Waals surface area contributed by atoms with Crippen molar-refractivity contribution in [3.63, 3.8) is 0 Å². The molecule has 2 aliphatic rings. The topological polar surface area (TPSA) is 39.1 Å². The second kappa shape index (κ2) is 4.73. The van der Waals surface area contributed by atoms with Crippen LogP contribution in [0.2, 0.25) is 0 Å². The lowest BCUT2D eigenvalue weighted by Gasteiger charge is -2.46. The first-order valence-corrected chi connectivity index (χ1v) is 6.55. The molecule has 1 heterocycles. The predicted molar refractivity (Wildman–Crippen MR) is 65.0 cm³/mol. The Hall–Kier alpha value is -0.590. The van der Waals surface area contributed by atoms with Crippen LogP contribution in [0.4, 0.5) is 0 Å². The van der Waals surface area contributed by atoms with Crippen LogP contribution >= 0.6 is 0 Å². The first-order chi connectivity index (χ1) is 7.68. The van der Waals surface area contributed by atoms with Crippen molar-refractivity contribution in [1.29, 1.82) is 5.26 Å². The number of hydrogen-bond donors (Lipinski definition) is 1. The summed E-state index contributed by atoms with van der Waals surface area (Å²) in [6, 6.07) is 2.64. The molecule has 0 aromatic rings. The molecule has 0 amide bonds. The fourth-order valence-electron chi connectivity index (χ4n) is 3.14. The maximum Gasteiger partial charge on any atom is 0.109 e. The summed E-state index contributed by atoms with van der Waals surface area (Å²) in [5.74, 6) is 1.47. The van der Waals surface area contributed by atoms with E-state index in [2.05, 4.69) is 30.1 Å². The lowest BCUT2D eigenvalue weighted by Crippen LogP contribution is -2.57. The number of nitrogens with one attached hydrogen (secondary N) is 1. The molecular formula is C13H23N3. The molecule has 0 aromatic heterocycles. The van der Waals surface area contributed by atoms with E-state index in [4.69, 9.17) is 0 Å². The second-order valence-electron chi connectivity index (χ2n) is 5.58. The van der Waals surface area contributed by atoms with E-state index in [1.807, 2.05) is 0 Å². The first kappa shape index (κ1) is 11.9. The Morgan fingerprint density at radius 3 is 2.50 bits per heavy atom. The lowest BCUT2D eigenvalue weighted by molar-refractivity contribution is 0.0478. The van der Waals surface area contributed by atoms with E-state index in [1.54, 1.807) is 0 Å². The Kier molecular flexibility index (Phi) is 3.51. The molecule has 1 N–H and O–H groups in total. The standard InChI is InChI=1S/C13H23N3/c1-11-3-4-13(10-14,9-12(11)2)16-7-5-15-6-8-16/h11-12,15H,3-9H2,1-2H3. The van der Waals surface area contributed by atoms with E-state index in [0.717, 1.165) is 44.9 Å². The van der Waals surface area contributed by atoms with Gasteiger partial charge in [0, 0.05) is 26.2 Å². The number of nitriles is 1. The van der Waals surface area contributed by atoms with Crippen molar-refractivity contribution in [2.75, 3.05) is 26.2 Å². The molecule has 3 unspecified atom stereocenters. The van der Waals surface area contributed by atoms with Gasteiger partial charge in [0.05, 0.1) is 6.07 Å². The molecule has 3 atom stereocenters. The number of hydrogen-bond acceptors (Lipinski definition) is 3. The molecule has 0 radical (unpaired) electrons. The maximum absolute atomic E-state index is 9.59. The zero-order chi connectivity index (χ0) is 11.6. The van der Waals surface area contributed by atoms with Gasteiger partial charge < -0.3 is 5.32 Å². The fourth-order valence-corrected chi connectivity index (χ4v) is 3.14. The van der Waals surface area contributed by atoms with Gasteiger partial charge in [0.15, 0.2) is 0 Å². The summed E-state index contributed by atoms with van der Waals surface area (Å²) in [5, 5.41) is 12.9. The lowest BCUT2D eigenvalue weighted by atomic mass is 9.71. The molecule has 3 nitrogen and oxygen atoms in total. The van der Waals surface area contributed by atoms with Crippen molar-refractivity contribution in [2.45, 2.75) is 38.6 Å². The number of rotatable bonds is 1. The Labute approximate surface area is 98.8 Å². The number of nitrogens with zero attached hydrogens (tertiary/aromatic N) is 2. The highest BCUT2D eigenvalue weighted by molar-refractivity contribution is 5.12. The predicted octanol–water partition coefficient (Wildman–Crippen LogP) is 1.61. The van der Waals surface area contributed by atoms with E-state index < -0.39 is 0 Å². The average molecular weight is 221 g/mol. The summed E-state index contributed by atoms with van der Waals surface area (Å²) in [4.78, 5) is 2.42. The van der Waals surface area contributed by atoms with Gasteiger partial charge in [-0.05, 0) is 31.1 Å². The van der Waals surface area contributed by atoms with Gasteiger partial charge in [0.1, 0.15) is 5.54 Å². The molecule has 1 saturated heterocycles. The Balaban J connectivity index is 2.10. The smallest absolute Gasteiger partial charge is 0.109 e. The molecule has 90 valence electrons. The third-order valence-corrected chi connectivity index (χ3v) is 4.57. The highest BCUT2D eigenvalue weighted by Gasteiger charge is 2.42. The summed E-state index contributed by atoms with van der Waals surface area (Å²) >= 11 is 0. The van der Waals surface area contributed by atoms with Crippen LogP contribution in [0.1, 0.15) is 33.1 Å². The summed E-state index contributed by atoms with van der Waals surface area (Å²) < 4.78 is 0. The van der Waals surface area contributed by atoms with E-state index >= 15 is 0 Å². The molecule has 3 heteroatoms. The molecule has 0 bridgehead atoms. The molecule has 1 saturated carbocycles. The normalized spacial score (nSPS) is 41.6. The molecule has 1 aliphatic carbocycles. The molecule has 1 aliphatic heterocycles. The van der Waals surface area contributed by atoms with Gasteiger partial charge in [-0.2, -0.15) is 5.26 Å². The summed E-state index contributed by atoms with van der Waals surface area (Å²) in [6.45, 7) is 8.77. The first-order valence-electron chi connectivity index (χ1n) is 6.55. The summed E-state index contributed by atoms with van der Waals surface area (Å²) in [5.41, 5.74) is -0.159. The molecule has 0 aromatic carbocycles. The van der Waals surface area contributed by atoms with Gasteiger partial charge in [-0.3, -0.25) is 4.90 Å². The average Bonchev–Trinajstić information content (AvgIpc) is 2.34. The minimum Gasteiger partial charge on any atom is -0.314 e. The van der Waals surface area contributed by atoms with Gasteiger partial charge in [0.25, 0.3) is 0 Å². The molecular weight excluding hydrogens is 198 g/mol. The van der Waals surface area contributed by atoms with Crippen LogP contribution in [-0.2, 0) is 0 Å². The van der Waals surface area contributed by atoms with Crippen LogP contribution in [-0.4, -0.2) is 36.6 Å². The van der Waals surface area contributed by atoms with Crippen LogP contribution in [0.15, 0.2) is 0 Å². The monoisotopic (exact) mass is 221 g/mol. The maximum atomic E-state index is 9.59. The van der Waals surface area contributed by atoms with E-state index in [1.165, 1.54) is 6.42 Å². The van der Waals surface area contributed by atoms with Crippen LogP contribution in [0.5, 0.6) is 0 Å². The third-order valence-electron chi connectivity index (χ3n) is 4.57. The SMILES string of the molecule is CC1CCC(C#N)(N2CCNCC2)CC1C.